The Morgan fingerprint density at radius 2 is 2.00 bits per heavy atom. The van der Waals surface area contributed by atoms with Gasteiger partial charge in [-0.1, -0.05) is 18.2 Å². The Morgan fingerprint density at radius 3 is 2.76 bits per heavy atom. The molecule has 0 saturated carbocycles. The number of para-hydroxylation sites is 1. The van der Waals surface area contributed by atoms with E-state index in [0.29, 0.717) is 6.42 Å². The van der Waals surface area contributed by atoms with Crippen molar-refractivity contribution in [3.63, 3.8) is 0 Å². The van der Waals surface area contributed by atoms with Crippen LogP contribution < -0.4 is 15.5 Å². The van der Waals surface area contributed by atoms with Gasteiger partial charge in [-0.2, -0.15) is 0 Å². The van der Waals surface area contributed by atoms with E-state index in [1.54, 1.807) is 7.05 Å². The third-order valence-electron chi connectivity index (χ3n) is 4.23. The Hall–Kier alpha value is -2.08. The number of benzene rings is 1. The second-order valence-electron chi connectivity index (χ2n) is 6.00. The first-order valence-corrected chi connectivity index (χ1v) is 9.16. The molecule has 138 valence electrons. The van der Waals surface area contributed by atoms with Crippen LogP contribution in [0.3, 0.4) is 0 Å². The molecular formula is C19H30N4O2. The molecule has 2 N–H and O–H groups in total. The van der Waals surface area contributed by atoms with Crippen LogP contribution in [-0.2, 0) is 16.0 Å². The standard InChI is InChI=1S/C19H30N4O2/c1-3-25-15-7-13-22-19(20-2)21-12-6-10-18(24)23-14-11-16-8-4-5-9-17(16)23/h4-5,8-9H,3,6-7,10-15H2,1-2H3,(H2,20,21,22). The summed E-state index contributed by atoms with van der Waals surface area (Å²) in [6.45, 7) is 5.86. The number of guanidine groups is 1. The lowest BCUT2D eigenvalue weighted by Crippen LogP contribution is -2.39. The number of hydrogen-bond donors (Lipinski definition) is 2. The number of nitrogens with one attached hydrogen (secondary N) is 2. The summed E-state index contributed by atoms with van der Waals surface area (Å²) in [6, 6.07) is 8.16. The molecule has 0 spiro atoms. The van der Waals surface area contributed by atoms with Crippen LogP contribution in [0.5, 0.6) is 0 Å². The Bertz CT molecular complexity index is 574. The van der Waals surface area contributed by atoms with Crippen molar-refractivity contribution >= 4 is 17.6 Å². The molecule has 0 aliphatic carbocycles. The molecule has 0 aromatic heterocycles. The summed E-state index contributed by atoms with van der Waals surface area (Å²) >= 11 is 0. The van der Waals surface area contributed by atoms with E-state index in [0.717, 1.165) is 63.8 Å². The Balaban J connectivity index is 1.63. The summed E-state index contributed by atoms with van der Waals surface area (Å²) in [4.78, 5) is 18.5. The second-order valence-corrected chi connectivity index (χ2v) is 6.00. The molecule has 1 aliphatic heterocycles. The van der Waals surface area contributed by atoms with Gasteiger partial charge in [-0.25, -0.2) is 0 Å². The topological polar surface area (TPSA) is 66.0 Å². The van der Waals surface area contributed by atoms with Gasteiger partial charge in [0, 0.05) is 52.0 Å². The molecule has 6 heteroatoms. The number of fused-ring (bicyclic) bond motifs is 1. The van der Waals surface area contributed by atoms with Crippen LogP contribution in [0, 0.1) is 0 Å². The molecule has 1 aliphatic rings. The molecule has 1 heterocycles. The summed E-state index contributed by atoms with van der Waals surface area (Å²) in [5.74, 6) is 0.974. The number of aliphatic imine (C=N–C) groups is 1. The van der Waals surface area contributed by atoms with Crippen molar-refractivity contribution in [2.75, 3.05) is 44.8 Å². The van der Waals surface area contributed by atoms with E-state index < -0.39 is 0 Å². The minimum Gasteiger partial charge on any atom is -0.382 e. The molecule has 0 unspecified atom stereocenters. The van der Waals surface area contributed by atoms with Gasteiger partial charge in [0.2, 0.25) is 5.91 Å². The average molecular weight is 346 g/mol. The van der Waals surface area contributed by atoms with E-state index in [9.17, 15) is 4.79 Å². The molecule has 1 amide bonds. The van der Waals surface area contributed by atoms with Crippen molar-refractivity contribution in [1.82, 2.24) is 10.6 Å². The Morgan fingerprint density at radius 1 is 1.24 bits per heavy atom. The Kier molecular flexibility index (Phi) is 8.25. The zero-order valence-corrected chi connectivity index (χ0v) is 15.4. The maximum Gasteiger partial charge on any atom is 0.227 e. The number of amides is 1. The summed E-state index contributed by atoms with van der Waals surface area (Å²) in [5, 5.41) is 6.50. The van der Waals surface area contributed by atoms with Crippen LogP contribution >= 0.6 is 0 Å². The van der Waals surface area contributed by atoms with Crippen molar-refractivity contribution in [3.8, 4) is 0 Å². The lowest BCUT2D eigenvalue weighted by molar-refractivity contribution is -0.118. The first kappa shape index (κ1) is 19.2. The van der Waals surface area contributed by atoms with Gasteiger partial charge in [0.15, 0.2) is 5.96 Å². The van der Waals surface area contributed by atoms with Gasteiger partial charge in [-0.15, -0.1) is 0 Å². The van der Waals surface area contributed by atoms with Crippen molar-refractivity contribution in [2.45, 2.75) is 32.6 Å². The van der Waals surface area contributed by atoms with Crippen molar-refractivity contribution < 1.29 is 9.53 Å². The van der Waals surface area contributed by atoms with Crippen LogP contribution in [0.15, 0.2) is 29.3 Å². The highest BCUT2D eigenvalue weighted by Crippen LogP contribution is 2.27. The fraction of sp³-hybridized carbons (Fsp3) is 0.579. The van der Waals surface area contributed by atoms with E-state index in [4.69, 9.17) is 4.74 Å². The van der Waals surface area contributed by atoms with Gasteiger partial charge in [-0.05, 0) is 37.8 Å². The van der Waals surface area contributed by atoms with Gasteiger partial charge in [0.05, 0.1) is 0 Å². The first-order valence-electron chi connectivity index (χ1n) is 9.16. The monoisotopic (exact) mass is 346 g/mol. The van der Waals surface area contributed by atoms with Crippen LogP contribution in [0.2, 0.25) is 0 Å². The maximum atomic E-state index is 12.4. The van der Waals surface area contributed by atoms with Gasteiger partial charge in [0.25, 0.3) is 0 Å². The van der Waals surface area contributed by atoms with Crippen molar-refractivity contribution in [3.05, 3.63) is 29.8 Å². The quantitative estimate of drug-likeness (QED) is 0.407. The number of rotatable bonds is 9. The molecule has 0 saturated heterocycles. The van der Waals surface area contributed by atoms with Crippen LogP contribution in [0.1, 0.15) is 31.7 Å². The predicted molar refractivity (Wildman–Crippen MR) is 102 cm³/mol. The maximum absolute atomic E-state index is 12.4. The van der Waals surface area contributed by atoms with Gasteiger partial charge < -0.3 is 20.3 Å². The molecule has 25 heavy (non-hydrogen) atoms. The summed E-state index contributed by atoms with van der Waals surface area (Å²) in [7, 11) is 1.75. The number of carbonyl (C=O) groups excluding carboxylic acids is 1. The highest BCUT2D eigenvalue weighted by Gasteiger charge is 2.23. The molecule has 0 radical (unpaired) electrons. The summed E-state index contributed by atoms with van der Waals surface area (Å²) in [5.41, 5.74) is 2.35. The fourth-order valence-corrected chi connectivity index (χ4v) is 2.92. The number of hydrogen-bond acceptors (Lipinski definition) is 3. The highest BCUT2D eigenvalue weighted by atomic mass is 16.5. The summed E-state index contributed by atoms with van der Waals surface area (Å²) < 4.78 is 5.31. The zero-order valence-electron chi connectivity index (χ0n) is 15.4. The third kappa shape index (κ3) is 6.05. The molecule has 0 bridgehead atoms. The average Bonchev–Trinajstić information content (AvgIpc) is 3.07. The largest absolute Gasteiger partial charge is 0.382 e. The van der Waals surface area contributed by atoms with E-state index in [2.05, 4.69) is 21.7 Å². The van der Waals surface area contributed by atoms with Crippen molar-refractivity contribution in [1.29, 1.82) is 0 Å². The first-order chi connectivity index (χ1) is 12.3. The highest BCUT2D eigenvalue weighted by molar-refractivity contribution is 5.95. The van der Waals surface area contributed by atoms with Crippen LogP contribution in [0.4, 0.5) is 5.69 Å². The summed E-state index contributed by atoms with van der Waals surface area (Å²) in [6.07, 6.45) is 3.24. The van der Waals surface area contributed by atoms with Crippen molar-refractivity contribution in [2.24, 2.45) is 4.99 Å². The molecule has 2 rings (SSSR count). The third-order valence-corrected chi connectivity index (χ3v) is 4.23. The number of ether oxygens (including phenoxy) is 1. The van der Waals surface area contributed by atoms with Gasteiger partial charge in [0.1, 0.15) is 0 Å². The SMILES string of the molecule is CCOCCCNC(=NC)NCCCC(=O)N1CCc2ccccc21. The number of nitrogens with zero attached hydrogens (tertiary/aromatic N) is 2. The van der Waals surface area contributed by atoms with Crippen LogP contribution in [-0.4, -0.2) is 51.8 Å². The zero-order chi connectivity index (χ0) is 17.9. The van der Waals surface area contributed by atoms with E-state index in [1.165, 1.54) is 5.56 Å². The molecule has 6 nitrogen and oxygen atoms in total. The normalized spacial score (nSPS) is 13.7. The van der Waals surface area contributed by atoms with Gasteiger partial charge >= 0.3 is 0 Å². The predicted octanol–water partition coefficient (Wildman–Crippen LogP) is 1.95. The Labute approximate surface area is 150 Å². The smallest absolute Gasteiger partial charge is 0.227 e. The lowest BCUT2D eigenvalue weighted by atomic mass is 10.2. The lowest BCUT2D eigenvalue weighted by Gasteiger charge is -2.17. The second kappa shape index (κ2) is 10.7. The number of anilines is 1. The van der Waals surface area contributed by atoms with E-state index in [1.807, 2.05) is 30.0 Å². The number of carbonyl (C=O) groups is 1. The molecule has 0 fully saturated rings. The molecule has 1 aromatic rings. The van der Waals surface area contributed by atoms with Crippen LogP contribution in [0.25, 0.3) is 0 Å². The van der Waals surface area contributed by atoms with E-state index >= 15 is 0 Å². The molecule has 0 atom stereocenters. The molecular weight excluding hydrogens is 316 g/mol. The van der Waals surface area contributed by atoms with Gasteiger partial charge in [-0.3, -0.25) is 9.79 Å². The minimum atomic E-state index is 0.200. The molecule has 1 aromatic carbocycles. The van der Waals surface area contributed by atoms with E-state index in [-0.39, 0.29) is 5.91 Å². The fourth-order valence-electron chi connectivity index (χ4n) is 2.92. The minimum absolute atomic E-state index is 0.200.